The molecule has 1 N–H and O–H groups in total. The van der Waals surface area contributed by atoms with Crippen molar-refractivity contribution >= 4 is 18.0 Å². The highest BCUT2D eigenvalue weighted by molar-refractivity contribution is 5.87. The van der Waals surface area contributed by atoms with E-state index in [1.54, 1.807) is 31.3 Å². The molecule has 0 bridgehead atoms. The summed E-state index contributed by atoms with van der Waals surface area (Å²) in [5, 5.41) is 8.99. The predicted octanol–water partition coefficient (Wildman–Crippen LogP) is 1.36. The van der Waals surface area contributed by atoms with Crippen LogP contribution < -0.4 is 0 Å². The molecule has 2 rings (SSSR count). The molecule has 1 aromatic rings. The zero-order valence-electron chi connectivity index (χ0n) is 13.1. The number of carbonyl (C=O) groups excluding carboxylic acids is 2. The molecular weight excluding hydrogens is 300 g/mol. The first-order valence-electron chi connectivity index (χ1n) is 7.33. The van der Waals surface area contributed by atoms with Crippen LogP contribution in [0.25, 0.3) is 0 Å². The second kappa shape index (κ2) is 7.13. The van der Waals surface area contributed by atoms with Crippen LogP contribution in [0.3, 0.4) is 0 Å². The maximum atomic E-state index is 12.6. The summed E-state index contributed by atoms with van der Waals surface area (Å²) in [5.41, 5.74) is 0.656. The van der Waals surface area contributed by atoms with Crippen molar-refractivity contribution < 1.29 is 24.2 Å². The average Bonchev–Trinajstić information content (AvgIpc) is 3.05. The number of carbonyl (C=O) groups is 3. The van der Waals surface area contributed by atoms with Crippen LogP contribution in [-0.4, -0.2) is 60.1 Å². The van der Waals surface area contributed by atoms with Crippen LogP contribution in [0.1, 0.15) is 18.0 Å². The lowest BCUT2D eigenvalue weighted by molar-refractivity contribution is -0.153. The number of esters is 1. The maximum absolute atomic E-state index is 12.6. The molecule has 0 aromatic heterocycles. The first-order chi connectivity index (χ1) is 11.0. The number of nitrogens with zero attached hydrogens (tertiary/aromatic N) is 2. The third-order valence-electron chi connectivity index (χ3n) is 4.08. The standard InChI is InChI=1S/C16H20N2O5/c1-17(14(19)12-8-9-18(10-12)16(21)22)13(15(20)23-2)11-6-4-3-5-7-11/h3-7,12-13H,8-10H2,1-2H3,(H,21,22)/t12?,13-/m1/s1. The fraction of sp³-hybridized carbons (Fsp3) is 0.438. The molecule has 0 spiro atoms. The fourth-order valence-electron chi connectivity index (χ4n) is 2.82. The minimum atomic E-state index is -1.03. The van der Waals surface area contributed by atoms with Gasteiger partial charge in [0.25, 0.3) is 0 Å². The number of methoxy groups -OCH3 is 1. The number of rotatable bonds is 4. The van der Waals surface area contributed by atoms with Gasteiger partial charge in [0, 0.05) is 20.1 Å². The Kier molecular flexibility index (Phi) is 5.20. The molecule has 7 nitrogen and oxygen atoms in total. The first-order valence-corrected chi connectivity index (χ1v) is 7.33. The number of ether oxygens (including phenoxy) is 1. The van der Waals surface area contributed by atoms with E-state index in [0.29, 0.717) is 18.5 Å². The van der Waals surface area contributed by atoms with Gasteiger partial charge in [0.2, 0.25) is 5.91 Å². The highest BCUT2D eigenvalue weighted by atomic mass is 16.5. The molecular formula is C16H20N2O5. The number of likely N-dealkylation sites (N-methyl/N-ethyl adjacent to an activating group) is 1. The monoisotopic (exact) mass is 320 g/mol. The van der Waals surface area contributed by atoms with E-state index < -0.39 is 24.0 Å². The average molecular weight is 320 g/mol. The van der Waals surface area contributed by atoms with Gasteiger partial charge in [-0.1, -0.05) is 30.3 Å². The summed E-state index contributed by atoms with van der Waals surface area (Å²) in [6, 6.07) is 8.05. The van der Waals surface area contributed by atoms with Crippen LogP contribution in [0.5, 0.6) is 0 Å². The van der Waals surface area contributed by atoms with Crippen molar-refractivity contribution in [1.82, 2.24) is 9.80 Å². The smallest absolute Gasteiger partial charge is 0.407 e. The van der Waals surface area contributed by atoms with E-state index in [9.17, 15) is 14.4 Å². The van der Waals surface area contributed by atoms with Gasteiger partial charge in [0.15, 0.2) is 6.04 Å². The minimum absolute atomic E-state index is 0.154. The largest absolute Gasteiger partial charge is 0.467 e. The van der Waals surface area contributed by atoms with Gasteiger partial charge in [-0.2, -0.15) is 0 Å². The zero-order valence-corrected chi connectivity index (χ0v) is 13.1. The number of hydrogen-bond acceptors (Lipinski definition) is 4. The SMILES string of the molecule is COC(=O)[C@@H](c1ccccc1)N(C)C(=O)C1CCN(C(=O)O)C1. The highest BCUT2D eigenvalue weighted by Gasteiger charge is 2.37. The molecule has 0 aliphatic carbocycles. The molecule has 0 saturated carbocycles. The summed E-state index contributed by atoms with van der Waals surface area (Å²) in [6.45, 7) is 0.481. The Hall–Kier alpha value is -2.57. The van der Waals surface area contributed by atoms with Gasteiger partial charge in [-0.05, 0) is 12.0 Å². The third-order valence-corrected chi connectivity index (χ3v) is 4.08. The van der Waals surface area contributed by atoms with Crippen LogP contribution in [-0.2, 0) is 14.3 Å². The van der Waals surface area contributed by atoms with Crippen molar-refractivity contribution in [3.63, 3.8) is 0 Å². The van der Waals surface area contributed by atoms with Crippen LogP contribution in [0.4, 0.5) is 4.79 Å². The number of hydrogen-bond donors (Lipinski definition) is 1. The van der Waals surface area contributed by atoms with Crippen LogP contribution in [0.2, 0.25) is 0 Å². The van der Waals surface area contributed by atoms with E-state index >= 15 is 0 Å². The molecule has 2 amide bonds. The molecule has 1 aliphatic heterocycles. The van der Waals surface area contributed by atoms with Gasteiger partial charge in [0.1, 0.15) is 0 Å². The molecule has 1 unspecified atom stereocenters. The Bertz CT molecular complexity index is 589. The molecule has 2 atom stereocenters. The van der Waals surface area contributed by atoms with E-state index in [2.05, 4.69) is 0 Å². The minimum Gasteiger partial charge on any atom is -0.467 e. The highest BCUT2D eigenvalue weighted by Crippen LogP contribution is 2.26. The molecule has 1 fully saturated rings. The Morgan fingerprint density at radius 3 is 2.48 bits per heavy atom. The third kappa shape index (κ3) is 3.61. The van der Waals surface area contributed by atoms with Gasteiger partial charge in [-0.15, -0.1) is 0 Å². The Labute approximate surface area is 134 Å². The number of likely N-dealkylation sites (tertiary alicyclic amines) is 1. The van der Waals surface area contributed by atoms with Gasteiger partial charge in [-0.3, -0.25) is 4.79 Å². The lowest BCUT2D eigenvalue weighted by Crippen LogP contribution is -2.41. The molecule has 124 valence electrons. The predicted molar refractivity (Wildman–Crippen MR) is 81.7 cm³/mol. The second-order valence-electron chi connectivity index (χ2n) is 5.50. The van der Waals surface area contributed by atoms with Crippen LogP contribution in [0.15, 0.2) is 30.3 Å². The Morgan fingerprint density at radius 2 is 1.96 bits per heavy atom. The first kappa shape index (κ1) is 16.8. The second-order valence-corrected chi connectivity index (χ2v) is 5.50. The van der Waals surface area contributed by atoms with Crippen LogP contribution in [0, 0.1) is 5.92 Å². The summed E-state index contributed by atoms with van der Waals surface area (Å²) in [5.74, 6) is -1.22. The molecule has 1 heterocycles. The van der Waals surface area contributed by atoms with Crippen molar-refractivity contribution in [2.75, 3.05) is 27.2 Å². The van der Waals surface area contributed by atoms with E-state index in [0.717, 1.165) is 0 Å². The van der Waals surface area contributed by atoms with Crippen molar-refractivity contribution in [3.8, 4) is 0 Å². The Balaban J connectivity index is 2.17. The summed E-state index contributed by atoms with van der Waals surface area (Å²) < 4.78 is 4.82. The van der Waals surface area contributed by atoms with E-state index in [-0.39, 0.29) is 12.5 Å². The van der Waals surface area contributed by atoms with E-state index in [4.69, 9.17) is 9.84 Å². The van der Waals surface area contributed by atoms with Crippen LogP contribution >= 0.6 is 0 Å². The van der Waals surface area contributed by atoms with Gasteiger partial charge in [0.05, 0.1) is 13.0 Å². The van der Waals surface area contributed by atoms with Gasteiger partial charge >= 0.3 is 12.1 Å². The summed E-state index contributed by atoms with van der Waals surface area (Å²) >= 11 is 0. The molecule has 1 aliphatic rings. The molecule has 0 radical (unpaired) electrons. The summed E-state index contributed by atoms with van der Waals surface area (Å²) in [7, 11) is 2.82. The lowest BCUT2D eigenvalue weighted by atomic mass is 10.0. The lowest BCUT2D eigenvalue weighted by Gasteiger charge is -2.28. The van der Waals surface area contributed by atoms with Crippen molar-refractivity contribution in [2.45, 2.75) is 12.5 Å². The van der Waals surface area contributed by atoms with Gasteiger partial charge in [-0.25, -0.2) is 9.59 Å². The molecule has 1 aromatic carbocycles. The maximum Gasteiger partial charge on any atom is 0.407 e. The summed E-state index contributed by atoms with van der Waals surface area (Å²) in [4.78, 5) is 38.3. The topological polar surface area (TPSA) is 87.2 Å². The Morgan fingerprint density at radius 1 is 1.30 bits per heavy atom. The fourth-order valence-corrected chi connectivity index (χ4v) is 2.82. The number of benzene rings is 1. The van der Waals surface area contributed by atoms with Crippen molar-refractivity contribution in [2.24, 2.45) is 5.92 Å². The molecule has 1 saturated heterocycles. The molecule has 23 heavy (non-hydrogen) atoms. The van der Waals surface area contributed by atoms with E-state index in [1.807, 2.05) is 6.07 Å². The van der Waals surface area contributed by atoms with Gasteiger partial charge < -0.3 is 19.6 Å². The normalized spacial score (nSPS) is 18.3. The van der Waals surface area contributed by atoms with E-state index in [1.165, 1.54) is 16.9 Å². The zero-order chi connectivity index (χ0) is 17.0. The van der Waals surface area contributed by atoms with Crippen molar-refractivity contribution in [1.29, 1.82) is 0 Å². The van der Waals surface area contributed by atoms with Crippen molar-refractivity contribution in [3.05, 3.63) is 35.9 Å². The number of amides is 2. The molecule has 7 heteroatoms. The number of carboxylic acid groups (broad SMARTS) is 1. The summed E-state index contributed by atoms with van der Waals surface area (Å²) in [6.07, 6.45) is -0.575. The quantitative estimate of drug-likeness (QED) is 0.846.